The highest BCUT2D eigenvalue weighted by molar-refractivity contribution is 6.29. The molecular formula is C13H13ClN4O2. The SMILES string of the molecule is O=[N+]([O-])c1c(C=C2CCCCC2)nc2ccc(Cl)nn12. The summed E-state index contributed by atoms with van der Waals surface area (Å²) in [5.74, 6) is -0.124. The monoisotopic (exact) mass is 292 g/mol. The van der Waals surface area contributed by atoms with Gasteiger partial charge in [-0.2, -0.15) is 4.98 Å². The number of rotatable bonds is 2. The van der Waals surface area contributed by atoms with E-state index in [2.05, 4.69) is 10.1 Å². The molecule has 0 atom stereocenters. The molecule has 0 bridgehead atoms. The fourth-order valence-electron chi connectivity index (χ4n) is 2.53. The molecule has 0 aromatic carbocycles. The second-order valence-corrected chi connectivity index (χ2v) is 5.25. The zero-order chi connectivity index (χ0) is 14.1. The quantitative estimate of drug-likeness (QED) is 0.625. The van der Waals surface area contributed by atoms with Gasteiger partial charge in [-0.15, -0.1) is 0 Å². The molecule has 1 saturated carbocycles. The summed E-state index contributed by atoms with van der Waals surface area (Å²) in [5, 5.41) is 15.4. The van der Waals surface area contributed by atoms with Crippen LogP contribution in [0, 0.1) is 10.1 Å². The van der Waals surface area contributed by atoms with Gasteiger partial charge in [-0.25, -0.2) is 0 Å². The summed E-state index contributed by atoms with van der Waals surface area (Å²) >= 11 is 5.80. The lowest BCUT2D eigenvalue weighted by atomic mass is 9.94. The van der Waals surface area contributed by atoms with Crippen molar-refractivity contribution in [1.29, 1.82) is 0 Å². The Hall–Kier alpha value is -1.95. The van der Waals surface area contributed by atoms with E-state index < -0.39 is 4.92 Å². The number of hydrogen-bond donors (Lipinski definition) is 0. The molecular weight excluding hydrogens is 280 g/mol. The molecule has 1 aliphatic carbocycles. The average Bonchev–Trinajstić information content (AvgIpc) is 2.77. The molecule has 0 N–H and O–H groups in total. The molecule has 104 valence electrons. The molecule has 0 saturated heterocycles. The average molecular weight is 293 g/mol. The van der Waals surface area contributed by atoms with E-state index in [9.17, 15) is 10.1 Å². The third-order valence-electron chi connectivity index (χ3n) is 3.46. The van der Waals surface area contributed by atoms with Crippen molar-refractivity contribution in [2.45, 2.75) is 32.1 Å². The van der Waals surface area contributed by atoms with Gasteiger partial charge in [0.2, 0.25) is 5.65 Å². The Morgan fingerprint density at radius 1 is 1.30 bits per heavy atom. The van der Waals surface area contributed by atoms with Gasteiger partial charge in [0, 0.05) is 6.07 Å². The molecule has 2 aromatic rings. The summed E-state index contributed by atoms with van der Waals surface area (Å²) in [6.45, 7) is 0. The van der Waals surface area contributed by atoms with Crippen molar-refractivity contribution in [3.63, 3.8) is 0 Å². The summed E-state index contributed by atoms with van der Waals surface area (Å²) in [5.41, 5.74) is 2.01. The first kappa shape index (κ1) is 13.1. The van der Waals surface area contributed by atoms with Gasteiger partial charge in [-0.3, -0.25) is 0 Å². The molecule has 1 fully saturated rings. The molecule has 2 heterocycles. The maximum atomic E-state index is 11.3. The maximum Gasteiger partial charge on any atom is 0.376 e. The number of fused-ring (bicyclic) bond motifs is 1. The third-order valence-corrected chi connectivity index (χ3v) is 3.66. The Morgan fingerprint density at radius 3 is 2.75 bits per heavy atom. The lowest BCUT2D eigenvalue weighted by molar-refractivity contribution is -0.391. The van der Waals surface area contributed by atoms with Crippen LogP contribution < -0.4 is 0 Å². The van der Waals surface area contributed by atoms with Crippen LogP contribution in [-0.2, 0) is 0 Å². The maximum absolute atomic E-state index is 11.3. The van der Waals surface area contributed by atoms with E-state index in [0.29, 0.717) is 11.3 Å². The first-order valence-corrected chi connectivity index (χ1v) is 6.92. The summed E-state index contributed by atoms with van der Waals surface area (Å²) < 4.78 is 1.19. The number of imidazole rings is 1. The summed E-state index contributed by atoms with van der Waals surface area (Å²) in [4.78, 5) is 15.1. The Bertz CT molecular complexity index is 700. The first-order valence-electron chi connectivity index (χ1n) is 6.54. The molecule has 7 heteroatoms. The van der Waals surface area contributed by atoms with Crippen LogP contribution in [0.3, 0.4) is 0 Å². The highest BCUT2D eigenvalue weighted by Gasteiger charge is 2.23. The Kier molecular flexibility index (Phi) is 3.40. The zero-order valence-electron chi connectivity index (χ0n) is 10.8. The van der Waals surface area contributed by atoms with Crippen molar-refractivity contribution in [1.82, 2.24) is 14.6 Å². The van der Waals surface area contributed by atoms with Crippen LogP contribution in [-0.4, -0.2) is 19.5 Å². The highest BCUT2D eigenvalue weighted by atomic mass is 35.5. The van der Waals surface area contributed by atoms with Crippen LogP contribution in [0.4, 0.5) is 5.82 Å². The Labute approximate surface area is 120 Å². The minimum absolute atomic E-state index is 0.124. The van der Waals surface area contributed by atoms with Crippen LogP contribution in [0.2, 0.25) is 5.15 Å². The van der Waals surface area contributed by atoms with E-state index in [1.165, 1.54) is 16.5 Å². The number of nitro groups is 1. The molecule has 0 spiro atoms. The first-order chi connectivity index (χ1) is 9.65. The molecule has 2 aromatic heterocycles. The molecule has 20 heavy (non-hydrogen) atoms. The highest BCUT2D eigenvalue weighted by Crippen LogP contribution is 2.28. The van der Waals surface area contributed by atoms with Crippen molar-refractivity contribution in [3.05, 3.63) is 38.7 Å². The van der Waals surface area contributed by atoms with E-state index in [4.69, 9.17) is 11.6 Å². The molecule has 0 amide bonds. The number of aromatic nitrogens is 3. The van der Waals surface area contributed by atoms with Gasteiger partial charge in [0.15, 0.2) is 10.8 Å². The van der Waals surface area contributed by atoms with Gasteiger partial charge >= 0.3 is 5.82 Å². The number of hydrogen-bond acceptors (Lipinski definition) is 4. The van der Waals surface area contributed by atoms with Gasteiger partial charge in [-0.1, -0.05) is 33.2 Å². The molecule has 0 aliphatic heterocycles. The van der Waals surface area contributed by atoms with Gasteiger partial charge in [-0.05, 0) is 42.7 Å². The minimum Gasteiger partial charge on any atom is -0.358 e. The van der Waals surface area contributed by atoms with E-state index in [0.717, 1.165) is 25.7 Å². The van der Waals surface area contributed by atoms with Crippen molar-refractivity contribution < 1.29 is 4.92 Å². The number of nitrogens with zero attached hydrogens (tertiary/aromatic N) is 4. The van der Waals surface area contributed by atoms with Gasteiger partial charge < -0.3 is 10.1 Å². The Balaban J connectivity index is 2.14. The van der Waals surface area contributed by atoms with Gasteiger partial charge in [0.05, 0.1) is 0 Å². The van der Waals surface area contributed by atoms with Crippen LogP contribution in [0.15, 0.2) is 17.7 Å². The topological polar surface area (TPSA) is 73.3 Å². The van der Waals surface area contributed by atoms with Crippen molar-refractivity contribution in [2.75, 3.05) is 0 Å². The standard InChI is InChI=1S/C13H13ClN4O2/c14-11-6-7-12-15-10(8-9-4-2-1-3-5-9)13(18(19)20)17(12)16-11/h6-8H,1-5H2. The third kappa shape index (κ3) is 2.38. The fourth-order valence-corrected chi connectivity index (χ4v) is 2.67. The lowest BCUT2D eigenvalue weighted by Gasteiger charge is -2.12. The second-order valence-electron chi connectivity index (χ2n) is 4.87. The second kappa shape index (κ2) is 5.20. The van der Waals surface area contributed by atoms with Crippen molar-refractivity contribution in [3.8, 4) is 0 Å². The zero-order valence-corrected chi connectivity index (χ0v) is 11.5. The molecule has 6 nitrogen and oxygen atoms in total. The van der Waals surface area contributed by atoms with Gasteiger partial charge in [0.1, 0.15) is 0 Å². The predicted octanol–water partition coefficient (Wildman–Crippen LogP) is 3.64. The minimum atomic E-state index is -0.460. The molecule has 0 radical (unpaired) electrons. The number of allylic oxidation sites excluding steroid dienone is 1. The molecule has 3 rings (SSSR count). The van der Waals surface area contributed by atoms with Crippen molar-refractivity contribution >= 4 is 29.1 Å². The van der Waals surface area contributed by atoms with Crippen molar-refractivity contribution in [2.24, 2.45) is 0 Å². The molecule has 1 aliphatic rings. The van der Waals surface area contributed by atoms with E-state index in [1.54, 1.807) is 12.1 Å². The Morgan fingerprint density at radius 2 is 2.05 bits per heavy atom. The van der Waals surface area contributed by atoms with E-state index in [-0.39, 0.29) is 11.0 Å². The number of halogens is 1. The smallest absolute Gasteiger partial charge is 0.358 e. The fraction of sp³-hybridized carbons (Fsp3) is 0.385. The van der Waals surface area contributed by atoms with E-state index >= 15 is 0 Å². The predicted molar refractivity (Wildman–Crippen MR) is 75.7 cm³/mol. The summed E-state index contributed by atoms with van der Waals surface area (Å²) in [6.07, 6.45) is 7.30. The van der Waals surface area contributed by atoms with Crippen LogP contribution in [0.5, 0.6) is 0 Å². The summed E-state index contributed by atoms with van der Waals surface area (Å²) in [6, 6.07) is 3.20. The van der Waals surface area contributed by atoms with Crippen LogP contribution in [0.1, 0.15) is 37.8 Å². The normalized spacial score (nSPS) is 15.6. The summed E-state index contributed by atoms with van der Waals surface area (Å²) in [7, 11) is 0. The van der Waals surface area contributed by atoms with Crippen LogP contribution in [0.25, 0.3) is 11.7 Å². The van der Waals surface area contributed by atoms with Crippen LogP contribution >= 0.6 is 11.6 Å². The van der Waals surface area contributed by atoms with E-state index in [1.807, 2.05) is 6.08 Å². The molecule has 0 unspecified atom stereocenters. The van der Waals surface area contributed by atoms with Gasteiger partial charge in [0.25, 0.3) is 0 Å². The lowest BCUT2D eigenvalue weighted by Crippen LogP contribution is -1.99. The largest absolute Gasteiger partial charge is 0.376 e.